The summed E-state index contributed by atoms with van der Waals surface area (Å²) in [4.78, 5) is 15.8. The van der Waals surface area contributed by atoms with Gasteiger partial charge in [0, 0.05) is 21.0 Å². The fourth-order valence-corrected chi connectivity index (χ4v) is 3.43. The van der Waals surface area contributed by atoms with Crippen molar-refractivity contribution in [2.24, 2.45) is 5.10 Å². The number of thiazole rings is 1. The van der Waals surface area contributed by atoms with Crippen molar-refractivity contribution >= 4 is 44.6 Å². The molecule has 1 aromatic heterocycles. The summed E-state index contributed by atoms with van der Waals surface area (Å²) in [6, 6.07) is 13.4. The highest BCUT2D eigenvalue weighted by molar-refractivity contribution is 9.10. The summed E-state index contributed by atoms with van der Waals surface area (Å²) in [5, 5.41) is 6.90. The van der Waals surface area contributed by atoms with Crippen LogP contribution in [0.2, 0.25) is 0 Å². The molecule has 3 aromatic rings. The number of benzene rings is 2. The van der Waals surface area contributed by atoms with Gasteiger partial charge in [-0.2, -0.15) is 5.10 Å². The monoisotopic (exact) mass is 475 g/mol. The van der Waals surface area contributed by atoms with Gasteiger partial charge in [-0.1, -0.05) is 30.3 Å². The minimum absolute atomic E-state index is 0.206. The Hall–Kier alpha value is -2.91. The van der Waals surface area contributed by atoms with Gasteiger partial charge in [0.25, 0.3) is 0 Å². The predicted molar refractivity (Wildman–Crippen MR) is 117 cm³/mol. The zero-order valence-corrected chi connectivity index (χ0v) is 18.1. The van der Waals surface area contributed by atoms with Crippen LogP contribution >= 0.6 is 27.3 Å². The summed E-state index contributed by atoms with van der Waals surface area (Å²) in [6.07, 6.45) is 1.64. The molecule has 0 unspecified atom stereocenters. The molecule has 0 fully saturated rings. The van der Waals surface area contributed by atoms with Crippen LogP contribution in [-0.4, -0.2) is 38.0 Å². The molecule has 1 N–H and O–H groups in total. The number of esters is 1. The molecule has 29 heavy (non-hydrogen) atoms. The quantitative estimate of drug-likeness (QED) is 0.291. The average molecular weight is 476 g/mol. The van der Waals surface area contributed by atoms with Gasteiger partial charge in [-0.15, -0.1) is 11.3 Å². The lowest BCUT2D eigenvalue weighted by molar-refractivity contribution is -0.142. The van der Waals surface area contributed by atoms with Gasteiger partial charge in [-0.3, -0.25) is 5.43 Å². The summed E-state index contributed by atoms with van der Waals surface area (Å²) >= 11 is 4.94. The third kappa shape index (κ3) is 5.55. The lowest BCUT2D eigenvalue weighted by Gasteiger charge is -2.11. The Morgan fingerprint density at radius 2 is 2.03 bits per heavy atom. The largest absolute Gasteiger partial charge is 0.493 e. The average Bonchev–Trinajstić information content (AvgIpc) is 3.22. The van der Waals surface area contributed by atoms with Gasteiger partial charge in [0.15, 0.2) is 18.1 Å². The zero-order valence-electron chi connectivity index (χ0n) is 15.7. The Morgan fingerprint density at radius 1 is 1.24 bits per heavy atom. The van der Waals surface area contributed by atoms with Crippen molar-refractivity contribution < 1.29 is 19.0 Å². The molecule has 150 valence electrons. The maximum atomic E-state index is 11.3. The molecule has 0 amide bonds. The minimum atomic E-state index is -0.476. The van der Waals surface area contributed by atoms with Crippen LogP contribution in [0.5, 0.6) is 11.5 Å². The van der Waals surface area contributed by atoms with E-state index in [0.717, 1.165) is 21.3 Å². The third-order valence-electron chi connectivity index (χ3n) is 3.79. The molecule has 0 aliphatic heterocycles. The van der Waals surface area contributed by atoms with Crippen LogP contribution < -0.4 is 14.9 Å². The Bertz CT molecular complexity index is 1010. The predicted octanol–water partition coefficient (Wildman–Crippen LogP) is 4.58. The summed E-state index contributed by atoms with van der Waals surface area (Å²) < 4.78 is 16.1. The standard InChI is InChI=1S/C20H18BrN3O4S/c1-26-17-8-14(15(21)9-18(17)28-11-19(25)27-2)10-22-24-20-23-16(12-29-20)13-6-4-3-5-7-13/h3-10,12H,11H2,1-2H3,(H,23,24). The van der Waals surface area contributed by atoms with Crippen LogP contribution in [0.25, 0.3) is 11.3 Å². The van der Waals surface area contributed by atoms with Crippen LogP contribution in [0.3, 0.4) is 0 Å². The molecular formula is C20H18BrN3O4S. The van der Waals surface area contributed by atoms with Gasteiger partial charge in [0.1, 0.15) is 0 Å². The molecule has 0 atom stereocenters. The number of hydrogen-bond acceptors (Lipinski definition) is 8. The Labute approximate surface area is 180 Å². The number of carbonyl (C=O) groups is 1. The number of methoxy groups -OCH3 is 2. The van der Waals surface area contributed by atoms with Crippen LogP contribution in [0.1, 0.15) is 5.56 Å². The van der Waals surface area contributed by atoms with E-state index in [1.807, 2.05) is 35.7 Å². The molecule has 0 aliphatic rings. The van der Waals surface area contributed by atoms with Crippen molar-refractivity contribution in [3.63, 3.8) is 0 Å². The molecule has 0 bridgehead atoms. The highest BCUT2D eigenvalue weighted by atomic mass is 79.9. The van der Waals surface area contributed by atoms with Crippen molar-refractivity contribution in [2.45, 2.75) is 0 Å². The number of ether oxygens (including phenoxy) is 3. The number of anilines is 1. The van der Waals surface area contributed by atoms with E-state index in [2.05, 4.69) is 36.2 Å². The first kappa shape index (κ1) is 20.8. The minimum Gasteiger partial charge on any atom is -0.493 e. The molecule has 0 saturated carbocycles. The Balaban J connectivity index is 1.69. The Kier molecular flexibility index (Phi) is 7.20. The maximum absolute atomic E-state index is 11.3. The topological polar surface area (TPSA) is 82.0 Å². The summed E-state index contributed by atoms with van der Waals surface area (Å²) in [7, 11) is 2.82. The first-order chi connectivity index (χ1) is 14.1. The molecule has 3 rings (SSSR count). The molecule has 2 aromatic carbocycles. The van der Waals surface area contributed by atoms with E-state index in [1.165, 1.54) is 25.6 Å². The normalized spacial score (nSPS) is 10.7. The van der Waals surface area contributed by atoms with E-state index in [-0.39, 0.29) is 6.61 Å². The smallest absolute Gasteiger partial charge is 0.343 e. The van der Waals surface area contributed by atoms with Crippen molar-refractivity contribution in [3.8, 4) is 22.8 Å². The number of carbonyl (C=O) groups excluding carboxylic acids is 1. The van der Waals surface area contributed by atoms with Gasteiger partial charge in [-0.25, -0.2) is 9.78 Å². The highest BCUT2D eigenvalue weighted by Gasteiger charge is 2.11. The molecule has 0 aliphatic carbocycles. The number of nitrogens with one attached hydrogen (secondary N) is 1. The molecule has 9 heteroatoms. The van der Waals surface area contributed by atoms with Crippen LogP contribution in [0, 0.1) is 0 Å². The van der Waals surface area contributed by atoms with E-state index in [4.69, 9.17) is 9.47 Å². The van der Waals surface area contributed by atoms with Crippen molar-refractivity contribution in [3.05, 3.63) is 57.9 Å². The second kappa shape index (κ2) is 10.0. The van der Waals surface area contributed by atoms with Gasteiger partial charge >= 0.3 is 5.97 Å². The number of hydrogen-bond donors (Lipinski definition) is 1. The maximum Gasteiger partial charge on any atom is 0.343 e. The molecule has 0 radical (unpaired) electrons. The molecule has 1 heterocycles. The third-order valence-corrected chi connectivity index (χ3v) is 5.23. The lowest BCUT2D eigenvalue weighted by Crippen LogP contribution is -2.13. The zero-order chi connectivity index (χ0) is 20.6. The molecule has 0 spiro atoms. The molecular weight excluding hydrogens is 458 g/mol. The number of rotatable bonds is 8. The van der Waals surface area contributed by atoms with Crippen molar-refractivity contribution in [2.75, 3.05) is 26.3 Å². The lowest BCUT2D eigenvalue weighted by atomic mass is 10.2. The van der Waals surface area contributed by atoms with E-state index in [1.54, 1.807) is 18.3 Å². The van der Waals surface area contributed by atoms with Crippen LogP contribution in [-0.2, 0) is 9.53 Å². The van der Waals surface area contributed by atoms with Crippen molar-refractivity contribution in [1.82, 2.24) is 4.98 Å². The van der Waals surface area contributed by atoms with E-state index in [9.17, 15) is 4.79 Å². The summed E-state index contributed by atoms with van der Waals surface area (Å²) in [5.74, 6) is 0.415. The van der Waals surface area contributed by atoms with Crippen LogP contribution in [0.15, 0.2) is 57.4 Å². The first-order valence-electron chi connectivity index (χ1n) is 8.48. The summed E-state index contributed by atoms with van der Waals surface area (Å²) in [5.41, 5.74) is 5.64. The fourth-order valence-electron chi connectivity index (χ4n) is 2.34. The van der Waals surface area contributed by atoms with Crippen molar-refractivity contribution in [1.29, 1.82) is 0 Å². The first-order valence-corrected chi connectivity index (χ1v) is 10.1. The molecule has 7 nitrogen and oxygen atoms in total. The second-order valence-corrected chi connectivity index (χ2v) is 7.38. The second-order valence-electron chi connectivity index (χ2n) is 5.66. The SMILES string of the molecule is COC(=O)COc1cc(Br)c(C=NNc2nc(-c3ccccc3)cs2)cc1OC. The van der Waals surface area contributed by atoms with Gasteiger partial charge in [-0.05, 0) is 28.1 Å². The highest BCUT2D eigenvalue weighted by Crippen LogP contribution is 2.33. The number of nitrogens with zero attached hydrogens (tertiary/aromatic N) is 2. The van der Waals surface area contributed by atoms with E-state index < -0.39 is 5.97 Å². The molecule has 0 saturated heterocycles. The van der Waals surface area contributed by atoms with E-state index in [0.29, 0.717) is 16.6 Å². The van der Waals surface area contributed by atoms with Gasteiger partial charge in [0.05, 0.1) is 26.1 Å². The fraction of sp³-hybridized carbons (Fsp3) is 0.150. The number of halogens is 1. The Morgan fingerprint density at radius 3 is 2.76 bits per heavy atom. The number of aromatic nitrogens is 1. The van der Waals surface area contributed by atoms with Crippen LogP contribution in [0.4, 0.5) is 5.13 Å². The number of hydrazone groups is 1. The summed E-state index contributed by atoms with van der Waals surface area (Å²) in [6.45, 7) is -0.206. The van der Waals surface area contributed by atoms with Gasteiger partial charge < -0.3 is 14.2 Å². The van der Waals surface area contributed by atoms with E-state index >= 15 is 0 Å². The van der Waals surface area contributed by atoms with Gasteiger partial charge in [0.2, 0.25) is 5.13 Å².